The highest BCUT2D eigenvalue weighted by molar-refractivity contribution is 6.04. The number of esters is 2. The third-order valence-electron chi connectivity index (χ3n) is 4.66. The Bertz CT molecular complexity index is 913. The van der Waals surface area contributed by atoms with E-state index in [0.29, 0.717) is 28.7 Å². The van der Waals surface area contributed by atoms with E-state index in [9.17, 15) is 14.4 Å². The molecule has 0 amide bonds. The van der Waals surface area contributed by atoms with Gasteiger partial charge in [0.05, 0.1) is 23.9 Å². The van der Waals surface area contributed by atoms with Gasteiger partial charge in [0, 0.05) is 17.9 Å². The van der Waals surface area contributed by atoms with Crippen LogP contribution in [0.1, 0.15) is 62.2 Å². The van der Waals surface area contributed by atoms with Gasteiger partial charge in [0.25, 0.3) is 0 Å². The molecule has 0 spiro atoms. The van der Waals surface area contributed by atoms with E-state index in [1.54, 1.807) is 26.0 Å². The lowest BCUT2D eigenvalue weighted by Gasteiger charge is -2.12. The van der Waals surface area contributed by atoms with Crippen LogP contribution < -0.4 is 5.32 Å². The fourth-order valence-electron chi connectivity index (χ4n) is 2.93. The van der Waals surface area contributed by atoms with Crippen LogP contribution in [0.25, 0.3) is 0 Å². The van der Waals surface area contributed by atoms with Gasteiger partial charge in [-0.3, -0.25) is 4.79 Å². The Labute approximate surface area is 162 Å². The Hall–Kier alpha value is -3.16. The molecule has 1 aliphatic carbocycles. The molecule has 1 aliphatic rings. The molecule has 1 atom stereocenters. The van der Waals surface area contributed by atoms with Crippen LogP contribution in [-0.2, 0) is 9.47 Å². The first kappa shape index (κ1) is 19.6. The van der Waals surface area contributed by atoms with Crippen LogP contribution in [0, 0.1) is 13.8 Å². The summed E-state index contributed by atoms with van der Waals surface area (Å²) in [6.07, 6.45) is 2.64. The van der Waals surface area contributed by atoms with Crippen LogP contribution in [0.3, 0.4) is 0 Å². The van der Waals surface area contributed by atoms with E-state index in [2.05, 4.69) is 15.3 Å². The van der Waals surface area contributed by atoms with Gasteiger partial charge in [-0.25, -0.2) is 14.6 Å². The van der Waals surface area contributed by atoms with Gasteiger partial charge in [0.2, 0.25) is 5.78 Å². The number of hydrogen-bond donors (Lipinski definition) is 2. The van der Waals surface area contributed by atoms with Crippen molar-refractivity contribution in [2.45, 2.75) is 45.8 Å². The number of carbonyl (C=O) groups is 3. The maximum absolute atomic E-state index is 12.7. The summed E-state index contributed by atoms with van der Waals surface area (Å²) in [4.78, 5) is 44.0. The molecule has 8 heteroatoms. The first-order chi connectivity index (χ1) is 13.3. The van der Waals surface area contributed by atoms with Crippen molar-refractivity contribution in [1.29, 1.82) is 0 Å². The minimum Gasteiger partial charge on any atom is -0.465 e. The lowest BCUT2D eigenvalue weighted by molar-refractivity contribution is 0.0316. The Morgan fingerprint density at radius 1 is 1.21 bits per heavy atom. The number of anilines is 1. The Morgan fingerprint density at radius 3 is 2.50 bits per heavy atom. The number of pyridine rings is 1. The number of ketones is 1. The molecular formula is C20H23N3O5. The molecule has 0 aliphatic heterocycles. The van der Waals surface area contributed by atoms with Crippen molar-refractivity contribution in [3.8, 4) is 0 Å². The van der Waals surface area contributed by atoms with Gasteiger partial charge >= 0.3 is 11.9 Å². The van der Waals surface area contributed by atoms with Crippen LogP contribution >= 0.6 is 0 Å². The number of ether oxygens (including phenoxy) is 2. The number of hydrogen-bond acceptors (Lipinski definition) is 7. The molecule has 0 aromatic carbocycles. The Balaban J connectivity index is 1.68. The van der Waals surface area contributed by atoms with Gasteiger partial charge in [-0.2, -0.15) is 0 Å². The number of carbonyl (C=O) groups excluding carboxylic acids is 3. The van der Waals surface area contributed by atoms with Gasteiger partial charge in [0.15, 0.2) is 6.10 Å². The van der Waals surface area contributed by atoms with E-state index in [-0.39, 0.29) is 11.3 Å². The number of rotatable bonds is 7. The molecule has 1 unspecified atom stereocenters. The summed E-state index contributed by atoms with van der Waals surface area (Å²) in [6, 6.07) is 3.78. The van der Waals surface area contributed by atoms with Crippen molar-refractivity contribution in [3.63, 3.8) is 0 Å². The molecule has 2 aromatic rings. The fourth-order valence-corrected chi connectivity index (χ4v) is 2.93. The van der Waals surface area contributed by atoms with E-state index < -0.39 is 23.8 Å². The SMILES string of the molecule is COC(=O)c1c(C)[nH]c(C(=O)C(C)OC(=O)c2ccc(NC3CC3)nc2)c1C. The molecule has 2 N–H and O–H groups in total. The number of H-pyrrole nitrogens is 1. The minimum absolute atomic E-state index is 0.223. The monoisotopic (exact) mass is 385 g/mol. The van der Waals surface area contributed by atoms with Gasteiger partial charge in [-0.05, 0) is 51.3 Å². The maximum Gasteiger partial charge on any atom is 0.340 e. The summed E-state index contributed by atoms with van der Waals surface area (Å²) >= 11 is 0. The average Bonchev–Trinajstić information content (AvgIpc) is 3.44. The van der Waals surface area contributed by atoms with Crippen LogP contribution in [0.15, 0.2) is 18.3 Å². The summed E-state index contributed by atoms with van der Waals surface area (Å²) in [7, 11) is 1.28. The highest BCUT2D eigenvalue weighted by Gasteiger charge is 2.28. The van der Waals surface area contributed by atoms with E-state index >= 15 is 0 Å². The number of aromatic amines is 1. The number of nitrogens with one attached hydrogen (secondary N) is 2. The van der Waals surface area contributed by atoms with Gasteiger partial charge < -0.3 is 19.8 Å². The largest absolute Gasteiger partial charge is 0.465 e. The summed E-state index contributed by atoms with van der Waals surface area (Å²) < 4.78 is 10.0. The first-order valence-electron chi connectivity index (χ1n) is 9.07. The van der Waals surface area contributed by atoms with Crippen molar-refractivity contribution >= 4 is 23.5 Å². The van der Waals surface area contributed by atoms with Crippen LogP contribution in [0.5, 0.6) is 0 Å². The molecule has 1 fully saturated rings. The second kappa shape index (κ2) is 7.84. The van der Waals surface area contributed by atoms with Gasteiger partial charge in [0.1, 0.15) is 5.82 Å². The maximum atomic E-state index is 12.7. The fraction of sp³-hybridized carbons (Fsp3) is 0.400. The average molecular weight is 385 g/mol. The quantitative estimate of drug-likeness (QED) is 0.557. The van der Waals surface area contributed by atoms with E-state index in [0.717, 1.165) is 12.8 Å². The number of nitrogens with zero attached hydrogens (tertiary/aromatic N) is 1. The molecule has 8 nitrogen and oxygen atoms in total. The summed E-state index contributed by atoms with van der Waals surface area (Å²) in [5.74, 6) is -0.888. The third kappa shape index (κ3) is 4.05. The van der Waals surface area contributed by atoms with Gasteiger partial charge in [-0.1, -0.05) is 0 Å². The zero-order valence-electron chi connectivity index (χ0n) is 16.3. The standard InChI is InChI=1S/C20H23N3O5/c1-10-16(20(26)27-4)11(2)22-17(10)18(24)12(3)28-19(25)13-5-8-15(21-9-13)23-14-6-7-14/h5,8-9,12,14,22H,6-7H2,1-4H3,(H,21,23). The second-order valence-electron chi connectivity index (χ2n) is 6.88. The highest BCUT2D eigenvalue weighted by atomic mass is 16.5. The van der Waals surface area contributed by atoms with Crippen molar-refractivity contribution in [2.75, 3.05) is 12.4 Å². The first-order valence-corrected chi connectivity index (χ1v) is 9.07. The highest BCUT2D eigenvalue weighted by Crippen LogP contribution is 2.24. The second-order valence-corrected chi connectivity index (χ2v) is 6.88. The summed E-state index contributed by atoms with van der Waals surface area (Å²) in [5.41, 5.74) is 1.78. The van der Waals surface area contributed by atoms with E-state index in [4.69, 9.17) is 9.47 Å². The van der Waals surface area contributed by atoms with Crippen molar-refractivity contribution < 1.29 is 23.9 Å². The third-order valence-corrected chi connectivity index (χ3v) is 4.66. The van der Waals surface area contributed by atoms with E-state index in [1.165, 1.54) is 20.2 Å². The molecule has 0 radical (unpaired) electrons. The Kier molecular flexibility index (Phi) is 5.48. The van der Waals surface area contributed by atoms with Crippen LogP contribution in [-0.4, -0.2) is 46.9 Å². The van der Waals surface area contributed by atoms with Crippen LogP contribution in [0.4, 0.5) is 5.82 Å². The smallest absolute Gasteiger partial charge is 0.340 e. The predicted molar refractivity (Wildman–Crippen MR) is 102 cm³/mol. The van der Waals surface area contributed by atoms with Gasteiger partial charge in [-0.15, -0.1) is 0 Å². The lowest BCUT2D eigenvalue weighted by Crippen LogP contribution is -2.25. The Morgan fingerprint density at radius 2 is 1.93 bits per heavy atom. The number of aromatic nitrogens is 2. The zero-order valence-corrected chi connectivity index (χ0v) is 16.3. The van der Waals surface area contributed by atoms with Crippen molar-refractivity contribution in [1.82, 2.24) is 9.97 Å². The molecule has 2 heterocycles. The molecule has 0 saturated heterocycles. The lowest BCUT2D eigenvalue weighted by atomic mass is 10.1. The molecule has 1 saturated carbocycles. The zero-order chi connectivity index (χ0) is 20.4. The topological polar surface area (TPSA) is 110 Å². The number of methoxy groups -OCH3 is 1. The number of aryl methyl sites for hydroxylation is 1. The van der Waals surface area contributed by atoms with Crippen molar-refractivity contribution in [2.24, 2.45) is 0 Å². The molecule has 148 valence electrons. The molecule has 0 bridgehead atoms. The number of Topliss-reactive ketones (excluding diaryl/α,β-unsaturated/α-hetero) is 1. The van der Waals surface area contributed by atoms with Crippen LogP contribution in [0.2, 0.25) is 0 Å². The molecule has 3 rings (SSSR count). The molecular weight excluding hydrogens is 362 g/mol. The van der Waals surface area contributed by atoms with E-state index in [1.807, 2.05) is 0 Å². The summed E-state index contributed by atoms with van der Waals surface area (Å²) in [6.45, 7) is 4.81. The van der Waals surface area contributed by atoms with Crippen molar-refractivity contribution in [3.05, 3.63) is 46.4 Å². The minimum atomic E-state index is -1.03. The normalized spacial score (nSPS) is 14.3. The summed E-state index contributed by atoms with van der Waals surface area (Å²) in [5, 5.41) is 3.23. The molecule has 2 aromatic heterocycles. The predicted octanol–water partition coefficient (Wildman–Crippen LogP) is 2.82. The molecule has 28 heavy (non-hydrogen) atoms.